The van der Waals surface area contributed by atoms with Gasteiger partial charge < -0.3 is 20.5 Å². The van der Waals surface area contributed by atoms with Crippen LogP contribution < -0.4 is 20.5 Å². The van der Waals surface area contributed by atoms with E-state index in [1.165, 1.54) is 11.1 Å². The summed E-state index contributed by atoms with van der Waals surface area (Å²) in [5.74, 6) is 2.05. The van der Waals surface area contributed by atoms with Crippen LogP contribution in [0.2, 0.25) is 0 Å². The average molecular weight is 266 g/mol. The predicted octanol–water partition coefficient (Wildman–Crippen LogP) is 2.09. The molecule has 0 spiro atoms. The van der Waals surface area contributed by atoms with Crippen LogP contribution in [-0.4, -0.2) is 26.8 Å². The summed E-state index contributed by atoms with van der Waals surface area (Å²) in [6, 6.07) is 4.35. The summed E-state index contributed by atoms with van der Waals surface area (Å²) < 4.78 is 10.6. The molecule has 4 heteroatoms. The van der Waals surface area contributed by atoms with Crippen molar-refractivity contribution in [2.75, 3.05) is 20.8 Å². The summed E-state index contributed by atoms with van der Waals surface area (Å²) in [4.78, 5) is 0. The zero-order valence-corrected chi connectivity index (χ0v) is 12.6. The van der Waals surface area contributed by atoms with Crippen LogP contribution in [0.4, 0.5) is 0 Å². The van der Waals surface area contributed by atoms with E-state index >= 15 is 0 Å². The third-order valence-corrected chi connectivity index (χ3v) is 3.46. The van der Waals surface area contributed by atoms with Crippen LogP contribution in [0.15, 0.2) is 12.1 Å². The van der Waals surface area contributed by atoms with E-state index in [2.05, 4.69) is 26.1 Å². The predicted molar refractivity (Wildman–Crippen MR) is 78.8 cm³/mol. The van der Waals surface area contributed by atoms with Gasteiger partial charge in [0.25, 0.3) is 0 Å². The van der Waals surface area contributed by atoms with Gasteiger partial charge in [-0.05, 0) is 36.1 Å². The Bertz CT molecular complexity index is 405. The number of benzene rings is 1. The highest BCUT2D eigenvalue weighted by Crippen LogP contribution is 2.30. The molecule has 0 aliphatic carbocycles. The molecule has 1 aromatic rings. The largest absolute Gasteiger partial charge is 0.493 e. The fourth-order valence-corrected chi connectivity index (χ4v) is 2.05. The van der Waals surface area contributed by atoms with E-state index in [9.17, 15) is 0 Å². The molecule has 0 bridgehead atoms. The first-order valence-corrected chi connectivity index (χ1v) is 6.68. The number of nitrogens with two attached hydrogens (primary N) is 1. The van der Waals surface area contributed by atoms with Crippen LogP contribution in [0.5, 0.6) is 11.5 Å². The summed E-state index contributed by atoms with van der Waals surface area (Å²) >= 11 is 0. The standard InChI is InChI=1S/C15H26N2O2/c1-10(2)13(8-16)17-9-12-7-15(19-5)14(18-4)6-11(12)3/h6-7,10,13,17H,8-9,16H2,1-5H3. The van der Waals surface area contributed by atoms with E-state index in [0.717, 1.165) is 18.0 Å². The van der Waals surface area contributed by atoms with Crippen LogP contribution >= 0.6 is 0 Å². The molecule has 108 valence electrons. The molecule has 3 N–H and O–H groups in total. The first-order chi connectivity index (χ1) is 9.03. The zero-order chi connectivity index (χ0) is 14.4. The second-order valence-electron chi connectivity index (χ2n) is 5.10. The molecular weight excluding hydrogens is 240 g/mol. The number of rotatable bonds is 7. The van der Waals surface area contributed by atoms with Gasteiger partial charge >= 0.3 is 0 Å². The Kier molecular flexibility index (Phi) is 6.12. The normalized spacial score (nSPS) is 12.6. The first-order valence-electron chi connectivity index (χ1n) is 6.68. The quantitative estimate of drug-likeness (QED) is 0.793. The van der Waals surface area contributed by atoms with Gasteiger partial charge in [-0.3, -0.25) is 0 Å². The zero-order valence-electron chi connectivity index (χ0n) is 12.6. The van der Waals surface area contributed by atoms with Gasteiger partial charge in [-0.2, -0.15) is 0 Å². The smallest absolute Gasteiger partial charge is 0.161 e. The molecule has 0 heterocycles. The van der Waals surface area contributed by atoms with Crippen LogP contribution in [0.1, 0.15) is 25.0 Å². The maximum absolute atomic E-state index is 5.77. The highest BCUT2D eigenvalue weighted by molar-refractivity contribution is 5.47. The van der Waals surface area contributed by atoms with Crippen LogP contribution in [0.25, 0.3) is 0 Å². The Morgan fingerprint density at radius 2 is 1.74 bits per heavy atom. The van der Waals surface area contributed by atoms with Crippen LogP contribution in [0.3, 0.4) is 0 Å². The lowest BCUT2D eigenvalue weighted by Gasteiger charge is -2.21. The van der Waals surface area contributed by atoms with Crippen LogP contribution in [-0.2, 0) is 6.54 Å². The summed E-state index contributed by atoms with van der Waals surface area (Å²) in [5, 5.41) is 3.49. The molecule has 1 aromatic carbocycles. The maximum atomic E-state index is 5.77. The number of hydrogen-bond donors (Lipinski definition) is 2. The van der Waals surface area contributed by atoms with E-state index in [1.54, 1.807) is 14.2 Å². The van der Waals surface area contributed by atoms with Crippen molar-refractivity contribution in [3.05, 3.63) is 23.3 Å². The van der Waals surface area contributed by atoms with Crippen molar-refractivity contribution >= 4 is 0 Å². The molecule has 19 heavy (non-hydrogen) atoms. The number of aryl methyl sites for hydroxylation is 1. The molecule has 0 aliphatic heterocycles. The van der Waals surface area contributed by atoms with Crippen molar-refractivity contribution in [2.45, 2.75) is 33.4 Å². The monoisotopic (exact) mass is 266 g/mol. The second-order valence-corrected chi connectivity index (χ2v) is 5.10. The molecule has 0 saturated heterocycles. The number of ether oxygens (including phenoxy) is 2. The average Bonchev–Trinajstić information content (AvgIpc) is 2.40. The maximum Gasteiger partial charge on any atom is 0.161 e. The minimum absolute atomic E-state index is 0.326. The van der Waals surface area contributed by atoms with Crippen LogP contribution in [0, 0.1) is 12.8 Å². The van der Waals surface area contributed by atoms with Gasteiger partial charge in [0, 0.05) is 19.1 Å². The topological polar surface area (TPSA) is 56.5 Å². The van der Waals surface area contributed by atoms with Gasteiger partial charge in [0.2, 0.25) is 0 Å². The lowest BCUT2D eigenvalue weighted by Crippen LogP contribution is -2.39. The highest BCUT2D eigenvalue weighted by atomic mass is 16.5. The van der Waals surface area contributed by atoms with Gasteiger partial charge in [-0.1, -0.05) is 13.8 Å². The molecule has 0 fully saturated rings. The number of nitrogens with one attached hydrogen (secondary N) is 1. The molecular formula is C15H26N2O2. The summed E-state index contributed by atoms with van der Waals surface area (Å²) in [6.07, 6.45) is 0. The van der Waals surface area contributed by atoms with Crippen molar-refractivity contribution in [1.29, 1.82) is 0 Å². The van der Waals surface area contributed by atoms with Gasteiger partial charge in [-0.25, -0.2) is 0 Å². The Labute approximate surface area is 116 Å². The Morgan fingerprint density at radius 3 is 2.21 bits per heavy atom. The molecule has 0 radical (unpaired) electrons. The molecule has 1 rings (SSSR count). The van der Waals surface area contributed by atoms with Crippen molar-refractivity contribution in [2.24, 2.45) is 11.7 Å². The Hall–Kier alpha value is -1.26. The van der Waals surface area contributed by atoms with E-state index in [-0.39, 0.29) is 0 Å². The molecule has 0 saturated carbocycles. The molecule has 1 atom stereocenters. The van der Waals surface area contributed by atoms with Crippen molar-refractivity contribution < 1.29 is 9.47 Å². The van der Waals surface area contributed by atoms with Crippen molar-refractivity contribution in [3.8, 4) is 11.5 Å². The first kappa shape index (κ1) is 15.8. The molecule has 1 unspecified atom stereocenters. The van der Waals surface area contributed by atoms with Gasteiger partial charge in [0.1, 0.15) is 0 Å². The van der Waals surface area contributed by atoms with E-state index in [4.69, 9.17) is 15.2 Å². The fourth-order valence-electron chi connectivity index (χ4n) is 2.05. The van der Waals surface area contributed by atoms with E-state index in [0.29, 0.717) is 18.5 Å². The number of hydrogen-bond acceptors (Lipinski definition) is 4. The molecule has 4 nitrogen and oxygen atoms in total. The highest BCUT2D eigenvalue weighted by Gasteiger charge is 2.13. The molecule has 0 aromatic heterocycles. The SMILES string of the molecule is COc1cc(C)c(CNC(CN)C(C)C)cc1OC. The van der Waals surface area contributed by atoms with Crippen molar-refractivity contribution in [1.82, 2.24) is 5.32 Å². The number of methoxy groups -OCH3 is 2. The Morgan fingerprint density at radius 1 is 1.16 bits per heavy atom. The summed E-state index contributed by atoms with van der Waals surface area (Å²) in [5.41, 5.74) is 8.16. The summed E-state index contributed by atoms with van der Waals surface area (Å²) in [7, 11) is 3.31. The third-order valence-electron chi connectivity index (χ3n) is 3.46. The van der Waals surface area contributed by atoms with Gasteiger partial charge in [0.15, 0.2) is 11.5 Å². The van der Waals surface area contributed by atoms with Crippen molar-refractivity contribution in [3.63, 3.8) is 0 Å². The third kappa shape index (κ3) is 4.11. The van der Waals surface area contributed by atoms with Gasteiger partial charge in [-0.15, -0.1) is 0 Å². The van der Waals surface area contributed by atoms with E-state index < -0.39 is 0 Å². The minimum Gasteiger partial charge on any atom is -0.493 e. The lowest BCUT2D eigenvalue weighted by atomic mass is 10.0. The molecule has 0 amide bonds. The van der Waals surface area contributed by atoms with Gasteiger partial charge in [0.05, 0.1) is 14.2 Å². The minimum atomic E-state index is 0.326. The summed E-state index contributed by atoms with van der Waals surface area (Å²) in [6.45, 7) is 7.85. The molecule has 0 aliphatic rings. The fraction of sp³-hybridized carbons (Fsp3) is 0.600. The Balaban J connectivity index is 2.83. The second kappa shape index (κ2) is 7.36. The lowest BCUT2D eigenvalue weighted by molar-refractivity contribution is 0.353. The van der Waals surface area contributed by atoms with E-state index in [1.807, 2.05) is 12.1 Å².